The zero-order valence-corrected chi connectivity index (χ0v) is 31.7. The van der Waals surface area contributed by atoms with Gasteiger partial charge in [0.2, 0.25) is 0 Å². The van der Waals surface area contributed by atoms with E-state index in [2.05, 4.69) is 217 Å². The predicted octanol–water partition coefficient (Wildman–Crippen LogP) is 16.0. The minimum atomic E-state index is 0.888. The lowest BCUT2D eigenvalue weighted by molar-refractivity contribution is 0.669. The normalized spacial score (nSPS) is 11.4. The summed E-state index contributed by atoms with van der Waals surface area (Å²) < 4.78 is 6.35. The maximum Gasteiger partial charge on any atom is 0.136 e. The Labute approximate surface area is 337 Å². The molecule has 0 N–H and O–H groups in total. The number of rotatable bonds is 7. The van der Waals surface area contributed by atoms with Crippen LogP contribution in [0.2, 0.25) is 0 Å². The monoisotopic (exact) mass is 739 g/mol. The van der Waals surface area contributed by atoms with Gasteiger partial charge in [0.05, 0.1) is 5.69 Å². The fraction of sp³-hybridized carbons (Fsp3) is 0. The summed E-state index contributed by atoms with van der Waals surface area (Å²) in [6, 6.07) is 80.8. The maximum absolute atomic E-state index is 6.35. The molecule has 0 aliphatic heterocycles. The Kier molecular flexibility index (Phi) is 8.19. The highest BCUT2D eigenvalue weighted by atomic mass is 16.3. The van der Waals surface area contributed by atoms with Gasteiger partial charge in [0.25, 0.3) is 0 Å². The number of hydrogen-bond donors (Lipinski definition) is 0. The van der Waals surface area contributed by atoms with Gasteiger partial charge in [0.15, 0.2) is 0 Å². The SMILES string of the molecule is c1ccc(-c2cccc3cccc(-c4ccccc4N(c4cccc(-c5cccc6ccccc56)c4)c4cccc(-c5cccc6oc7ccccc7c56)c4)c23)cc1. The lowest BCUT2D eigenvalue weighted by Crippen LogP contribution is -2.11. The topological polar surface area (TPSA) is 16.4 Å². The molecule has 11 aromatic rings. The summed E-state index contributed by atoms with van der Waals surface area (Å²) in [7, 11) is 0. The number of furan rings is 1. The number of para-hydroxylation sites is 2. The van der Waals surface area contributed by atoms with Gasteiger partial charge in [0, 0.05) is 27.7 Å². The molecule has 0 radical (unpaired) electrons. The van der Waals surface area contributed by atoms with Crippen molar-refractivity contribution in [1.29, 1.82) is 0 Å². The third-order valence-electron chi connectivity index (χ3n) is 11.4. The van der Waals surface area contributed by atoms with Crippen LogP contribution in [-0.2, 0) is 0 Å². The molecule has 0 amide bonds. The van der Waals surface area contributed by atoms with E-state index in [1.165, 1.54) is 49.4 Å². The lowest BCUT2D eigenvalue weighted by atomic mass is 9.90. The van der Waals surface area contributed by atoms with E-state index < -0.39 is 0 Å². The first-order chi connectivity index (χ1) is 28.8. The molecular weight excluding hydrogens is 703 g/mol. The van der Waals surface area contributed by atoms with E-state index in [0.29, 0.717) is 0 Å². The van der Waals surface area contributed by atoms with Gasteiger partial charge in [-0.05, 0) is 103 Å². The van der Waals surface area contributed by atoms with Gasteiger partial charge in [-0.15, -0.1) is 0 Å². The van der Waals surface area contributed by atoms with Crippen molar-refractivity contribution in [3.8, 4) is 44.5 Å². The Morgan fingerprint density at radius 2 is 0.793 bits per heavy atom. The van der Waals surface area contributed by atoms with E-state index in [9.17, 15) is 0 Å². The van der Waals surface area contributed by atoms with Crippen LogP contribution in [0.3, 0.4) is 0 Å². The molecule has 10 aromatic carbocycles. The smallest absolute Gasteiger partial charge is 0.136 e. The minimum absolute atomic E-state index is 0.888. The zero-order valence-electron chi connectivity index (χ0n) is 31.7. The fourth-order valence-corrected chi connectivity index (χ4v) is 8.86. The highest BCUT2D eigenvalue weighted by Gasteiger charge is 2.21. The van der Waals surface area contributed by atoms with Gasteiger partial charge in [-0.25, -0.2) is 0 Å². The fourth-order valence-electron chi connectivity index (χ4n) is 8.86. The Bertz CT molecular complexity index is 3290. The Morgan fingerprint density at radius 3 is 1.59 bits per heavy atom. The number of hydrogen-bond acceptors (Lipinski definition) is 2. The summed E-state index contributed by atoms with van der Waals surface area (Å²) in [5.74, 6) is 0. The van der Waals surface area contributed by atoms with Crippen molar-refractivity contribution in [2.24, 2.45) is 0 Å². The molecule has 11 rings (SSSR count). The van der Waals surface area contributed by atoms with Crippen LogP contribution in [0.1, 0.15) is 0 Å². The molecule has 1 aromatic heterocycles. The standard InChI is InChI=1S/C56H37NO/c1-2-16-39(17-3-1)47-30-13-20-40-21-14-32-50(55(40)47)49-27-6-8-33-52(49)57(43-24-10-22-41(36-43)46-29-12-19-38-18-4-5-26-45(38)46)44-25-11-23-42(37-44)48-31-15-35-54-56(48)51-28-7-9-34-53(51)58-54/h1-37H. The van der Waals surface area contributed by atoms with Crippen molar-refractivity contribution in [3.05, 3.63) is 224 Å². The molecule has 0 saturated carbocycles. The second kappa shape index (κ2) is 14.1. The molecule has 0 aliphatic carbocycles. The van der Waals surface area contributed by atoms with Crippen LogP contribution >= 0.6 is 0 Å². The van der Waals surface area contributed by atoms with E-state index in [1.807, 2.05) is 12.1 Å². The van der Waals surface area contributed by atoms with Crippen LogP contribution < -0.4 is 4.90 Å². The minimum Gasteiger partial charge on any atom is -0.456 e. The van der Waals surface area contributed by atoms with Crippen LogP contribution in [0.15, 0.2) is 229 Å². The zero-order chi connectivity index (χ0) is 38.4. The van der Waals surface area contributed by atoms with Gasteiger partial charge in [-0.2, -0.15) is 0 Å². The molecule has 0 fully saturated rings. The van der Waals surface area contributed by atoms with Crippen LogP contribution in [0, 0.1) is 0 Å². The quantitative estimate of drug-likeness (QED) is 0.162. The second-order valence-electron chi connectivity index (χ2n) is 14.8. The summed E-state index contributed by atoms with van der Waals surface area (Å²) in [5, 5.41) is 7.16. The molecule has 1 heterocycles. The van der Waals surface area contributed by atoms with Gasteiger partial charge in [-0.1, -0.05) is 182 Å². The molecule has 2 heteroatoms. The third kappa shape index (κ3) is 5.74. The molecule has 0 spiro atoms. The largest absolute Gasteiger partial charge is 0.456 e. The first-order valence-electron chi connectivity index (χ1n) is 19.8. The third-order valence-corrected chi connectivity index (χ3v) is 11.4. The van der Waals surface area contributed by atoms with Crippen molar-refractivity contribution < 1.29 is 4.42 Å². The van der Waals surface area contributed by atoms with Crippen molar-refractivity contribution in [2.75, 3.05) is 4.90 Å². The van der Waals surface area contributed by atoms with Gasteiger partial charge in [0.1, 0.15) is 11.2 Å². The molecule has 2 nitrogen and oxygen atoms in total. The number of fused-ring (bicyclic) bond motifs is 5. The molecule has 272 valence electrons. The average molecular weight is 740 g/mol. The van der Waals surface area contributed by atoms with Crippen molar-refractivity contribution in [1.82, 2.24) is 0 Å². The number of benzene rings is 10. The first kappa shape index (κ1) is 33.6. The van der Waals surface area contributed by atoms with Crippen LogP contribution in [0.25, 0.3) is 88.0 Å². The van der Waals surface area contributed by atoms with E-state index in [1.54, 1.807) is 0 Å². The van der Waals surface area contributed by atoms with E-state index in [0.717, 1.165) is 55.7 Å². The van der Waals surface area contributed by atoms with Crippen molar-refractivity contribution in [2.45, 2.75) is 0 Å². The molecule has 0 saturated heterocycles. The lowest BCUT2D eigenvalue weighted by Gasteiger charge is -2.29. The van der Waals surface area contributed by atoms with Crippen LogP contribution in [0.4, 0.5) is 17.1 Å². The van der Waals surface area contributed by atoms with Crippen molar-refractivity contribution in [3.63, 3.8) is 0 Å². The molecule has 0 unspecified atom stereocenters. The Hall–Kier alpha value is -7.68. The van der Waals surface area contributed by atoms with Gasteiger partial charge >= 0.3 is 0 Å². The summed E-state index contributed by atoms with van der Waals surface area (Å²) in [6.07, 6.45) is 0. The van der Waals surface area contributed by atoms with Crippen molar-refractivity contribution >= 4 is 60.5 Å². The Morgan fingerprint density at radius 1 is 0.293 bits per heavy atom. The molecular formula is C56H37NO. The summed E-state index contributed by atoms with van der Waals surface area (Å²) >= 11 is 0. The van der Waals surface area contributed by atoms with Crippen LogP contribution in [-0.4, -0.2) is 0 Å². The highest BCUT2D eigenvalue weighted by molar-refractivity contribution is 6.13. The molecule has 0 aliphatic rings. The summed E-state index contributed by atoms with van der Waals surface area (Å²) in [5.41, 5.74) is 14.4. The first-order valence-corrected chi connectivity index (χ1v) is 19.8. The number of nitrogens with zero attached hydrogens (tertiary/aromatic N) is 1. The average Bonchev–Trinajstić information content (AvgIpc) is 3.68. The summed E-state index contributed by atoms with van der Waals surface area (Å²) in [6.45, 7) is 0. The van der Waals surface area contributed by atoms with Gasteiger partial charge < -0.3 is 9.32 Å². The highest BCUT2D eigenvalue weighted by Crippen LogP contribution is 2.47. The predicted molar refractivity (Wildman–Crippen MR) is 245 cm³/mol. The maximum atomic E-state index is 6.35. The van der Waals surface area contributed by atoms with Gasteiger partial charge in [-0.3, -0.25) is 0 Å². The molecule has 0 atom stereocenters. The van der Waals surface area contributed by atoms with Crippen LogP contribution in [0.5, 0.6) is 0 Å². The van der Waals surface area contributed by atoms with E-state index >= 15 is 0 Å². The van der Waals surface area contributed by atoms with E-state index in [4.69, 9.17) is 4.42 Å². The number of anilines is 3. The summed E-state index contributed by atoms with van der Waals surface area (Å²) in [4.78, 5) is 2.44. The molecule has 0 bridgehead atoms. The molecule has 58 heavy (non-hydrogen) atoms. The Balaban J connectivity index is 1.16. The van der Waals surface area contributed by atoms with E-state index in [-0.39, 0.29) is 0 Å². The second-order valence-corrected chi connectivity index (χ2v) is 14.8.